The molecule has 1 aliphatic heterocycles. The number of piperidine rings is 1. The summed E-state index contributed by atoms with van der Waals surface area (Å²) in [6.45, 7) is 8.13. The van der Waals surface area contributed by atoms with Gasteiger partial charge in [0.25, 0.3) is 0 Å². The van der Waals surface area contributed by atoms with Gasteiger partial charge in [0.1, 0.15) is 5.60 Å². The van der Waals surface area contributed by atoms with E-state index in [0.29, 0.717) is 12.0 Å². The molecule has 2 N–H and O–H groups in total. The maximum absolute atomic E-state index is 12.1. The average Bonchev–Trinajstić information content (AvgIpc) is 3.03. The molecule has 0 aromatic rings. The van der Waals surface area contributed by atoms with Crippen LogP contribution in [0.5, 0.6) is 0 Å². The van der Waals surface area contributed by atoms with E-state index in [1.807, 2.05) is 32.7 Å². The highest BCUT2D eigenvalue weighted by Gasteiger charge is 2.26. The molecule has 1 saturated heterocycles. The summed E-state index contributed by atoms with van der Waals surface area (Å²) in [6.07, 6.45) is 8.33. The Morgan fingerprint density at radius 3 is 2.36 bits per heavy atom. The minimum Gasteiger partial charge on any atom is -0.444 e. The Labute approximate surface area is 168 Å². The molecule has 0 atom stereocenters. The molecule has 0 unspecified atom stereocenters. The molecule has 0 saturated carbocycles. The van der Waals surface area contributed by atoms with Crippen molar-refractivity contribution < 1.29 is 9.53 Å². The molecule has 25 heavy (non-hydrogen) atoms. The van der Waals surface area contributed by atoms with Crippen LogP contribution in [0.4, 0.5) is 4.79 Å². The monoisotopic (exact) mass is 464 g/mol. The molecule has 144 valence electrons. The molecule has 0 aromatic heterocycles. The number of hydrogen-bond acceptors (Lipinski definition) is 3. The Morgan fingerprint density at radius 2 is 1.84 bits per heavy atom. The topological polar surface area (TPSA) is 66.0 Å². The van der Waals surface area contributed by atoms with E-state index in [2.05, 4.69) is 27.8 Å². The van der Waals surface area contributed by atoms with Gasteiger partial charge in [-0.1, -0.05) is 12.2 Å². The van der Waals surface area contributed by atoms with Crippen molar-refractivity contribution >= 4 is 36.0 Å². The average molecular weight is 464 g/mol. The lowest BCUT2D eigenvalue weighted by Crippen LogP contribution is -2.47. The third-order valence-electron chi connectivity index (χ3n) is 4.40. The van der Waals surface area contributed by atoms with E-state index < -0.39 is 5.60 Å². The van der Waals surface area contributed by atoms with Crippen molar-refractivity contribution in [2.75, 3.05) is 26.7 Å². The van der Waals surface area contributed by atoms with Crippen LogP contribution in [0.1, 0.15) is 46.5 Å². The molecule has 2 rings (SSSR count). The van der Waals surface area contributed by atoms with Crippen LogP contribution in [-0.4, -0.2) is 55.3 Å². The van der Waals surface area contributed by atoms with Crippen molar-refractivity contribution in [3.63, 3.8) is 0 Å². The summed E-state index contributed by atoms with van der Waals surface area (Å²) in [5.41, 5.74) is -0.428. The van der Waals surface area contributed by atoms with E-state index in [1.54, 1.807) is 0 Å². The molecule has 1 heterocycles. The van der Waals surface area contributed by atoms with Gasteiger partial charge in [0, 0.05) is 32.7 Å². The fourth-order valence-electron chi connectivity index (χ4n) is 3.01. The van der Waals surface area contributed by atoms with Gasteiger partial charge in [-0.05, 0) is 52.4 Å². The molecule has 2 aliphatic rings. The zero-order chi connectivity index (χ0) is 17.6. The lowest BCUT2D eigenvalue weighted by molar-refractivity contribution is 0.0185. The summed E-state index contributed by atoms with van der Waals surface area (Å²) in [5.74, 6) is 1.43. The number of ether oxygens (including phenoxy) is 1. The van der Waals surface area contributed by atoms with Crippen LogP contribution in [0.25, 0.3) is 0 Å². The second-order valence-corrected chi connectivity index (χ2v) is 7.65. The van der Waals surface area contributed by atoms with E-state index in [4.69, 9.17) is 4.74 Å². The minimum atomic E-state index is -0.428. The fraction of sp³-hybridized carbons (Fsp3) is 0.778. The third kappa shape index (κ3) is 7.83. The number of aliphatic imine (C=N–C) groups is 1. The van der Waals surface area contributed by atoms with Crippen LogP contribution in [0.15, 0.2) is 17.1 Å². The van der Waals surface area contributed by atoms with Gasteiger partial charge < -0.3 is 20.3 Å². The van der Waals surface area contributed by atoms with Crippen molar-refractivity contribution in [2.24, 2.45) is 10.9 Å². The zero-order valence-electron chi connectivity index (χ0n) is 15.9. The van der Waals surface area contributed by atoms with Crippen molar-refractivity contribution in [1.82, 2.24) is 15.5 Å². The number of nitrogens with one attached hydrogen (secondary N) is 2. The van der Waals surface area contributed by atoms with Crippen molar-refractivity contribution in [1.29, 1.82) is 0 Å². The number of carbonyl (C=O) groups excluding carboxylic acids is 1. The first-order valence-electron chi connectivity index (χ1n) is 8.97. The summed E-state index contributed by atoms with van der Waals surface area (Å²) >= 11 is 0. The minimum absolute atomic E-state index is 0. The van der Waals surface area contributed by atoms with E-state index in [1.165, 1.54) is 0 Å². The first-order chi connectivity index (χ1) is 11.4. The van der Waals surface area contributed by atoms with E-state index in [0.717, 1.165) is 51.3 Å². The van der Waals surface area contributed by atoms with Gasteiger partial charge in [0.15, 0.2) is 5.96 Å². The number of hydrogen-bond donors (Lipinski definition) is 2. The Kier molecular flexibility index (Phi) is 9.02. The number of guanidine groups is 1. The van der Waals surface area contributed by atoms with E-state index in [-0.39, 0.29) is 30.1 Å². The fourth-order valence-corrected chi connectivity index (χ4v) is 3.01. The van der Waals surface area contributed by atoms with E-state index >= 15 is 0 Å². The molecule has 1 aliphatic carbocycles. The first kappa shape index (κ1) is 22.1. The van der Waals surface area contributed by atoms with Crippen LogP contribution in [-0.2, 0) is 4.74 Å². The number of halogens is 1. The second kappa shape index (κ2) is 10.2. The first-order valence-corrected chi connectivity index (χ1v) is 8.97. The van der Waals surface area contributed by atoms with Crippen molar-refractivity contribution in [3.05, 3.63) is 12.2 Å². The predicted molar refractivity (Wildman–Crippen MR) is 113 cm³/mol. The summed E-state index contributed by atoms with van der Waals surface area (Å²) in [4.78, 5) is 18.2. The molecule has 0 spiro atoms. The number of rotatable bonds is 3. The molecule has 1 fully saturated rings. The SMILES string of the molecule is CN=C(NCC1CCN(C(=O)OC(C)(C)C)CC1)NC1CC=CC1.I. The highest BCUT2D eigenvalue weighted by Crippen LogP contribution is 2.19. The Morgan fingerprint density at radius 1 is 1.24 bits per heavy atom. The largest absolute Gasteiger partial charge is 0.444 e. The number of carbonyl (C=O) groups is 1. The maximum atomic E-state index is 12.1. The number of amides is 1. The lowest BCUT2D eigenvalue weighted by Gasteiger charge is -2.33. The lowest BCUT2D eigenvalue weighted by atomic mass is 9.97. The molecule has 0 radical (unpaired) electrons. The summed E-state index contributed by atoms with van der Waals surface area (Å²) < 4.78 is 5.44. The summed E-state index contributed by atoms with van der Waals surface area (Å²) in [7, 11) is 1.81. The smallest absolute Gasteiger partial charge is 0.410 e. The van der Waals surface area contributed by atoms with Gasteiger partial charge >= 0.3 is 6.09 Å². The third-order valence-corrected chi connectivity index (χ3v) is 4.40. The molecule has 6 nitrogen and oxygen atoms in total. The molecule has 0 bridgehead atoms. The Balaban J connectivity index is 0.00000312. The van der Waals surface area contributed by atoms with Crippen molar-refractivity contribution in [2.45, 2.75) is 58.1 Å². The van der Waals surface area contributed by atoms with Crippen LogP contribution in [0.3, 0.4) is 0 Å². The van der Waals surface area contributed by atoms with Crippen LogP contribution in [0.2, 0.25) is 0 Å². The van der Waals surface area contributed by atoms with Gasteiger partial charge in [-0.2, -0.15) is 0 Å². The Hall–Kier alpha value is -0.990. The van der Waals surface area contributed by atoms with Gasteiger partial charge in [-0.3, -0.25) is 4.99 Å². The number of nitrogens with zero attached hydrogens (tertiary/aromatic N) is 2. The summed E-state index contributed by atoms with van der Waals surface area (Å²) in [6, 6.07) is 0.463. The zero-order valence-corrected chi connectivity index (χ0v) is 18.2. The highest BCUT2D eigenvalue weighted by atomic mass is 127. The van der Waals surface area contributed by atoms with Gasteiger partial charge in [-0.15, -0.1) is 24.0 Å². The van der Waals surface area contributed by atoms with Crippen LogP contribution >= 0.6 is 24.0 Å². The molecular formula is C18H33IN4O2. The van der Waals surface area contributed by atoms with E-state index in [9.17, 15) is 4.79 Å². The normalized spacial score (nSPS) is 19.5. The van der Waals surface area contributed by atoms with Gasteiger partial charge in [-0.25, -0.2) is 4.79 Å². The maximum Gasteiger partial charge on any atom is 0.410 e. The van der Waals surface area contributed by atoms with Gasteiger partial charge in [0.05, 0.1) is 0 Å². The second-order valence-electron chi connectivity index (χ2n) is 7.65. The molecule has 7 heteroatoms. The summed E-state index contributed by atoms with van der Waals surface area (Å²) in [5, 5.41) is 6.87. The number of likely N-dealkylation sites (tertiary alicyclic amines) is 1. The van der Waals surface area contributed by atoms with Crippen LogP contribution in [0, 0.1) is 5.92 Å². The van der Waals surface area contributed by atoms with Crippen molar-refractivity contribution in [3.8, 4) is 0 Å². The quantitative estimate of drug-likeness (QED) is 0.292. The van der Waals surface area contributed by atoms with Crippen LogP contribution < -0.4 is 10.6 Å². The molecular weight excluding hydrogens is 431 g/mol. The molecule has 1 amide bonds. The highest BCUT2D eigenvalue weighted by molar-refractivity contribution is 14.0. The van der Waals surface area contributed by atoms with Gasteiger partial charge in [0.2, 0.25) is 0 Å². The molecule has 0 aromatic carbocycles. The standard InChI is InChI=1S/C18H32N4O2.HI/c1-18(2,3)24-17(23)22-11-9-14(10-12-22)13-20-16(19-4)21-15-7-5-6-8-15;/h5-6,14-15H,7-13H2,1-4H3,(H2,19,20,21);1H. The Bertz CT molecular complexity index is 472. The predicted octanol–water partition coefficient (Wildman–Crippen LogP) is 3.14.